The summed E-state index contributed by atoms with van der Waals surface area (Å²) in [6, 6.07) is 0. The molecule has 0 aromatic heterocycles. The second kappa shape index (κ2) is 7.31. The number of ether oxygens (including phenoxy) is 1. The Labute approximate surface area is 104 Å². The van der Waals surface area contributed by atoms with Gasteiger partial charge in [0.25, 0.3) is 0 Å². The van der Waals surface area contributed by atoms with Crippen LogP contribution in [0.2, 0.25) is 0 Å². The molecule has 0 aliphatic carbocycles. The highest BCUT2D eigenvalue weighted by Crippen LogP contribution is 2.09. The zero-order valence-corrected chi connectivity index (χ0v) is 11.6. The quantitative estimate of drug-likeness (QED) is 0.650. The van der Waals surface area contributed by atoms with E-state index in [4.69, 9.17) is 4.74 Å². The Morgan fingerprint density at radius 3 is 2.82 bits per heavy atom. The number of nitrogens with one attached hydrogen (secondary N) is 2. The van der Waals surface area contributed by atoms with Crippen LogP contribution in [0.25, 0.3) is 0 Å². The van der Waals surface area contributed by atoms with Crippen molar-refractivity contribution in [2.45, 2.75) is 31.9 Å². The van der Waals surface area contributed by atoms with E-state index < -0.39 is 10.0 Å². The lowest BCUT2D eigenvalue weighted by Gasteiger charge is -2.23. The molecule has 2 N–H and O–H groups in total. The Morgan fingerprint density at radius 1 is 1.47 bits per heavy atom. The summed E-state index contributed by atoms with van der Waals surface area (Å²) in [5.41, 5.74) is 0. The maximum atomic E-state index is 11.9. The Bertz CT molecular complexity index is 298. The average Bonchev–Trinajstić information content (AvgIpc) is 2.29. The number of piperidine rings is 1. The predicted molar refractivity (Wildman–Crippen MR) is 68.5 cm³/mol. The van der Waals surface area contributed by atoms with Crippen LogP contribution in [0.3, 0.4) is 0 Å². The van der Waals surface area contributed by atoms with Crippen molar-refractivity contribution in [3.05, 3.63) is 0 Å². The van der Waals surface area contributed by atoms with E-state index in [-0.39, 0.29) is 5.25 Å². The Kier molecular flexibility index (Phi) is 6.40. The molecule has 0 aromatic rings. The summed E-state index contributed by atoms with van der Waals surface area (Å²) in [6.07, 6.45) is 1.67. The molecule has 1 atom stereocenters. The van der Waals surface area contributed by atoms with Gasteiger partial charge in [-0.25, -0.2) is 13.1 Å². The van der Waals surface area contributed by atoms with Crippen LogP contribution >= 0.6 is 0 Å². The molecule has 0 spiro atoms. The summed E-state index contributed by atoms with van der Waals surface area (Å²) in [5.74, 6) is 0.481. The fraction of sp³-hybridized carbons (Fsp3) is 1.00. The Morgan fingerprint density at radius 2 is 2.24 bits per heavy atom. The van der Waals surface area contributed by atoms with Crippen molar-refractivity contribution < 1.29 is 13.2 Å². The first-order valence-corrected chi connectivity index (χ1v) is 7.84. The largest absolute Gasteiger partial charge is 0.380 e. The van der Waals surface area contributed by atoms with Gasteiger partial charge >= 0.3 is 0 Å². The van der Waals surface area contributed by atoms with E-state index in [9.17, 15) is 8.42 Å². The predicted octanol–water partition coefficient (Wildman–Crippen LogP) is 0.330. The van der Waals surface area contributed by atoms with Crippen molar-refractivity contribution in [2.24, 2.45) is 5.92 Å². The molecule has 0 bridgehead atoms. The smallest absolute Gasteiger partial charge is 0.215 e. The highest BCUT2D eigenvalue weighted by atomic mass is 32.2. The lowest BCUT2D eigenvalue weighted by molar-refractivity contribution is 0.114. The monoisotopic (exact) mass is 264 g/mol. The van der Waals surface area contributed by atoms with Crippen LogP contribution in [0.5, 0.6) is 0 Å². The van der Waals surface area contributed by atoms with E-state index in [0.29, 0.717) is 32.2 Å². The molecule has 0 radical (unpaired) electrons. The minimum Gasteiger partial charge on any atom is -0.380 e. The van der Waals surface area contributed by atoms with E-state index in [1.807, 2.05) is 0 Å². The molecule has 0 saturated carbocycles. The number of hydrogen-bond acceptors (Lipinski definition) is 4. The van der Waals surface area contributed by atoms with Crippen LogP contribution in [-0.4, -0.2) is 46.5 Å². The van der Waals surface area contributed by atoms with Gasteiger partial charge in [0.1, 0.15) is 0 Å². The molecule has 1 fully saturated rings. The van der Waals surface area contributed by atoms with Crippen LogP contribution in [0.15, 0.2) is 0 Å². The zero-order valence-electron chi connectivity index (χ0n) is 10.7. The molecule has 1 unspecified atom stereocenters. The topological polar surface area (TPSA) is 67.4 Å². The lowest BCUT2D eigenvalue weighted by Crippen LogP contribution is -2.45. The minimum absolute atomic E-state index is 0.290. The van der Waals surface area contributed by atoms with Crippen LogP contribution in [0.4, 0.5) is 0 Å². The maximum absolute atomic E-state index is 11.9. The highest BCUT2D eigenvalue weighted by molar-refractivity contribution is 7.90. The summed E-state index contributed by atoms with van der Waals surface area (Å²) in [5, 5.41) is 2.82. The van der Waals surface area contributed by atoms with Crippen molar-refractivity contribution in [1.82, 2.24) is 10.0 Å². The van der Waals surface area contributed by atoms with Gasteiger partial charge in [0.2, 0.25) is 10.0 Å². The van der Waals surface area contributed by atoms with Crippen molar-refractivity contribution >= 4 is 10.0 Å². The third-order valence-corrected chi connectivity index (χ3v) is 4.58. The van der Waals surface area contributed by atoms with Gasteiger partial charge in [-0.3, -0.25) is 0 Å². The molecule has 1 heterocycles. The molecule has 1 rings (SSSR count). The summed E-state index contributed by atoms with van der Waals surface area (Å²) >= 11 is 0. The van der Waals surface area contributed by atoms with Gasteiger partial charge in [-0.1, -0.05) is 13.8 Å². The van der Waals surface area contributed by atoms with Crippen molar-refractivity contribution in [1.29, 1.82) is 0 Å². The molecule has 17 heavy (non-hydrogen) atoms. The van der Waals surface area contributed by atoms with Crippen LogP contribution in [-0.2, 0) is 14.8 Å². The Balaban J connectivity index is 2.20. The van der Waals surface area contributed by atoms with E-state index in [1.165, 1.54) is 0 Å². The molecule has 6 heteroatoms. The van der Waals surface area contributed by atoms with Gasteiger partial charge in [-0.05, 0) is 25.3 Å². The van der Waals surface area contributed by atoms with E-state index in [2.05, 4.69) is 23.9 Å². The second-order valence-corrected chi connectivity index (χ2v) is 6.92. The van der Waals surface area contributed by atoms with Crippen molar-refractivity contribution in [3.63, 3.8) is 0 Å². The van der Waals surface area contributed by atoms with Crippen molar-refractivity contribution in [2.75, 3.05) is 32.8 Å². The minimum atomic E-state index is -3.18. The fourth-order valence-corrected chi connectivity index (χ4v) is 3.20. The SMILES string of the molecule is CC(C)COCCNS(=O)(=O)C1CCCNC1. The van der Waals surface area contributed by atoms with Gasteiger partial charge in [-0.2, -0.15) is 0 Å². The fourth-order valence-electron chi connectivity index (χ4n) is 1.78. The van der Waals surface area contributed by atoms with Crippen molar-refractivity contribution in [3.8, 4) is 0 Å². The maximum Gasteiger partial charge on any atom is 0.215 e. The first-order valence-electron chi connectivity index (χ1n) is 6.29. The van der Waals surface area contributed by atoms with Crippen LogP contribution < -0.4 is 10.0 Å². The standard InChI is InChI=1S/C11H24N2O3S/c1-10(2)9-16-7-6-13-17(14,15)11-4-3-5-12-8-11/h10-13H,3-9H2,1-2H3. The normalized spacial score (nSPS) is 21.9. The molecule has 1 aliphatic heterocycles. The summed E-state index contributed by atoms with van der Waals surface area (Å²) in [6.45, 7) is 7.09. The zero-order chi connectivity index (χ0) is 12.7. The van der Waals surface area contributed by atoms with E-state index >= 15 is 0 Å². The molecule has 102 valence electrons. The van der Waals surface area contributed by atoms with Gasteiger partial charge in [-0.15, -0.1) is 0 Å². The highest BCUT2D eigenvalue weighted by Gasteiger charge is 2.26. The van der Waals surface area contributed by atoms with E-state index in [0.717, 1.165) is 19.4 Å². The Hall–Kier alpha value is -0.170. The second-order valence-electron chi connectivity index (χ2n) is 4.88. The molecular formula is C11H24N2O3S. The third kappa shape index (κ3) is 5.81. The molecule has 1 saturated heterocycles. The first-order chi connectivity index (χ1) is 8.02. The summed E-state index contributed by atoms with van der Waals surface area (Å²) in [7, 11) is -3.18. The lowest BCUT2D eigenvalue weighted by atomic mass is 10.2. The molecule has 1 aliphatic rings. The molecule has 0 aromatic carbocycles. The van der Waals surface area contributed by atoms with Gasteiger partial charge in [0, 0.05) is 19.7 Å². The third-order valence-electron chi connectivity index (χ3n) is 2.69. The molecule has 5 nitrogen and oxygen atoms in total. The number of rotatable bonds is 7. The number of sulfonamides is 1. The summed E-state index contributed by atoms with van der Waals surface area (Å²) < 4.78 is 31.7. The number of hydrogen-bond donors (Lipinski definition) is 2. The first kappa shape index (κ1) is 14.9. The van der Waals surface area contributed by atoms with Gasteiger partial charge in [0.05, 0.1) is 11.9 Å². The summed E-state index contributed by atoms with van der Waals surface area (Å²) in [4.78, 5) is 0. The average molecular weight is 264 g/mol. The van der Waals surface area contributed by atoms with Gasteiger partial charge < -0.3 is 10.1 Å². The molecular weight excluding hydrogens is 240 g/mol. The van der Waals surface area contributed by atoms with Crippen LogP contribution in [0, 0.1) is 5.92 Å². The van der Waals surface area contributed by atoms with Gasteiger partial charge in [0.15, 0.2) is 0 Å². The molecule has 0 amide bonds. The van der Waals surface area contributed by atoms with Crippen LogP contribution in [0.1, 0.15) is 26.7 Å². The van der Waals surface area contributed by atoms with E-state index in [1.54, 1.807) is 0 Å².